The largest absolute Gasteiger partial charge is 0.425 e. The van der Waals surface area contributed by atoms with Crippen LogP contribution in [0.3, 0.4) is 0 Å². The van der Waals surface area contributed by atoms with Gasteiger partial charge in [-0.2, -0.15) is 0 Å². The summed E-state index contributed by atoms with van der Waals surface area (Å²) in [4.78, 5) is 15.7. The summed E-state index contributed by atoms with van der Waals surface area (Å²) < 4.78 is 17.6. The van der Waals surface area contributed by atoms with E-state index >= 15 is 0 Å². The molecule has 5 heteroatoms. The van der Waals surface area contributed by atoms with E-state index in [9.17, 15) is 9.00 Å². The Labute approximate surface area is 113 Å². The van der Waals surface area contributed by atoms with Crippen molar-refractivity contribution >= 4 is 16.8 Å². The second kappa shape index (κ2) is 5.75. The minimum absolute atomic E-state index is 0.316. The summed E-state index contributed by atoms with van der Waals surface area (Å²) in [7, 11) is -1.47. The van der Waals surface area contributed by atoms with Crippen LogP contribution in [0, 0.1) is 6.92 Å². The Hall–Kier alpha value is -2.01. The Morgan fingerprint density at radius 1 is 1.21 bits per heavy atom. The zero-order valence-corrected chi connectivity index (χ0v) is 11.4. The van der Waals surface area contributed by atoms with E-state index < -0.39 is 16.8 Å². The number of ether oxygens (including phenoxy) is 1. The van der Waals surface area contributed by atoms with Gasteiger partial charge in [0.05, 0.1) is 4.90 Å². The van der Waals surface area contributed by atoms with Gasteiger partial charge < -0.3 is 4.74 Å². The van der Waals surface area contributed by atoms with Crippen LogP contribution in [0.15, 0.2) is 52.5 Å². The van der Waals surface area contributed by atoms with Crippen LogP contribution in [-0.2, 0) is 15.6 Å². The van der Waals surface area contributed by atoms with Crippen molar-refractivity contribution in [3.63, 3.8) is 0 Å². The molecule has 0 aliphatic rings. The predicted molar refractivity (Wildman–Crippen MR) is 71.4 cm³/mol. The van der Waals surface area contributed by atoms with Gasteiger partial charge in [0.15, 0.2) is 0 Å². The lowest BCUT2D eigenvalue weighted by atomic mass is 10.2. The molecule has 2 aromatic rings. The number of esters is 1. The highest BCUT2D eigenvalue weighted by Crippen LogP contribution is 2.28. The van der Waals surface area contributed by atoms with E-state index in [1.807, 2.05) is 13.0 Å². The van der Waals surface area contributed by atoms with Crippen LogP contribution in [0.2, 0.25) is 0 Å². The highest BCUT2D eigenvalue weighted by molar-refractivity contribution is 7.85. The number of carbonyl (C=O) groups excluding carboxylic acids is 1. The van der Waals surface area contributed by atoms with Gasteiger partial charge in [-0.15, -0.1) is 0 Å². The van der Waals surface area contributed by atoms with Gasteiger partial charge in [0, 0.05) is 13.1 Å². The monoisotopic (exact) mass is 275 g/mol. The second-order valence-corrected chi connectivity index (χ2v) is 5.30. The second-order valence-electron chi connectivity index (χ2n) is 3.93. The first-order chi connectivity index (χ1) is 9.09. The molecular formula is C14H13NO3S. The van der Waals surface area contributed by atoms with Gasteiger partial charge >= 0.3 is 5.97 Å². The smallest absolute Gasteiger partial charge is 0.308 e. The van der Waals surface area contributed by atoms with E-state index in [-0.39, 0.29) is 0 Å². The summed E-state index contributed by atoms with van der Waals surface area (Å²) in [5.41, 5.74) is 0.794. The number of rotatable bonds is 3. The minimum Gasteiger partial charge on any atom is -0.425 e. The van der Waals surface area contributed by atoms with Crippen molar-refractivity contribution in [1.82, 2.24) is 4.98 Å². The highest BCUT2D eigenvalue weighted by Gasteiger charge is 2.17. The highest BCUT2D eigenvalue weighted by atomic mass is 32.2. The standard InChI is InChI=1S/C14H13NO3S/c1-10-6-5-7-12(18-11(2)16)14(10)19(17)13-8-3-4-9-15-13/h3-9H,1-2H3. The van der Waals surface area contributed by atoms with Gasteiger partial charge in [0.2, 0.25) is 0 Å². The molecule has 98 valence electrons. The quantitative estimate of drug-likeness (QED) is 0.638. The number of carbonyl (C=O) groups is 1. The van der Waals surface area contributed by atoms with Crippen molar-refractivity contribution in [2.45, 2.75) is 23.8 Å². The van der Waals surface area contributed by atoms with E-state index in [0.717, 1.165) is 5.56 Å². The van der Waals surface area contributed by atoms with E-state index in [0.29, 0.717) is 15.7 Å². The fraction of sp³-hybridized carbons (Fsp3) is 0.143. The molecule has 0 radical (unpaired) electrons. The zero-order chi connectivity index (χ0) is 13.8. The first-order valence-electron chi connectivity index (χ1n) is 5.70. The van der Waals surface area contributed by atoms with Crippen LogP contribution < -0.4 is 4.74 Å². The molecule has 0 aliphatic carbocycles. The molecule has 1 aromatic carbocycles. The van der Waals surface area contributed by atoms with Gasteiger partial charge in [0.1, 0.15) is 21.6 Å². The third-order valence-electron chi connectivity index (χ3n) is 2.44. The third kappa shape index (κ3) is 3.06. The maximum atomic E-state index is 12.5. The molecule has 0 spiro atoms. The van der Waals surface area contributed by atoms with Crippen LogP contribution in [0.5, 0.6) is 5.75 Å². The number of pyridine rings is 1. The summed E-state index contributed by atoms with van der Waals surface area (Å²) in [5.74, 6) is -0.124. The summed E-state index contributed by atoms with van der Waals surface area (Å²) in [6, 6.07) is 10.4. The molecule has 0 fully saturated rings. The number of hydrogen-bond donors (Lipinski definition) is 0. The zero-order valence-electron chi connectivity index (χ0n) is 10.6. The Morgan fingerprint density at radius 3 is 2.63 bits per heavy atom. The van der Waals surface area contributed by atoms with Crippen molar-refractivity contribution in [2.24, 2.45) is 0 Å². The predicted octanol–water partition coefficient (Wildman–Crippen LogP) is 2.48. The molecule has 0 bridgehead atoms. The summed E-state index contributed by atoms with van der Waals surface area (Å²) in [6.07, 6.45) is 1.58. The van der Waals surface area contributed by atoms with E-state index in [2.05, 4.69) is 4.98 Å². The number of nitrogens with zero attached hydrogens (tertiary/aromatic N) is 1. The van der Waals surface area contributed by atoms with Crippen LogP contribution in [0.25, 0.3) is 0 Å². The number of hydrogen-bond acceptors (Lipinski definition) is 4. The van der Waals surface area contributed by atoms with Crippen molar-refractivity contribution in [1.29, 1.82) is 0 Å². The minimum atomic E-state index is -1.47. The van der Waals surface area contributed by atoms with E-state index in [1.54, 1.807) is 36.5 Å². The van der Waals surface area contributed by atoms with Gasteiger partial charge in [-0.25, -0.2) is 9.19 Å². The SMILES string of the molecule is CC(=O)Oc1cccc(C)c1S(=O)c1ccccn1. The maximum absolute atomic E-state index is 12.5. The van der Waals surface area contributed by atoms with Crippen molar-refractivity contribution in [2.75, 3.05) is 0 Å². The van der Waals surface area contributed by atoms with E-state index in [1.165, 1.54) is 6.92 Å². The van der Waals surface area contributed by atoms with E-state index in [4.69, 9.17) is 4.74 Å². The third-order valence-corrected chi connectivity index (χ3v) is 3.96. The molecule has 1 atom stereocenters. The van der Waals surface area contributed by atoms with Crippen LogP contribution in [-0.4, -0.2) is 15.2 Å². The first kappa shape index (κ1) is 13.4. The van der Waals surface area contributed by atoms with Gasteiger partial charge in [0.25, 0.3) is 0 Å². The molecule has 0 amide bonds. The van der Waals surface area contributed by atoms with Gasteiger partial charge in [-0.3, -0.25) is 4.79 Å². The van der Waals surface area contributed by atoms with Crippen LogP contribution in [0.1, 0.15) is 12.5 Å². The average Bonchev–Trinajstić information content (AvgIpc) is 2.38. The fourth-order valence-corrected chi connectivity index (χ4v) is 2.88. The van der Waals surface area contributed by atoms with Crippen molar-refractivity contribution in [3.8, 4) is 5.75 Å². The van der Waals surface area contributed by atoms with Crippen molar-refractivity contribution in [3.05, 3.63) is 48.2 Å². The molecule has 4 nitrogen and oxygen atoms in total. The molecule has 19 heavy (non-hydrogen) atoms. The topological polar surface area (TPSA) is 56.3 Å². The molecule has 0 aliphatic heterocycles. The summed E-state index contributed by atoms with van der Waals surface area (Å²) in [5, 5.41) is 0.435. The number of aryl methyl sites for hydroxylation is 1. The Kier molecular flexibility index (Phi) is 4.06. The Balaban J connectivity index is 2.49. The van der Waals surface area contributed by atoms with Gasteiger partial charge in [-0.05, 0) is 30.7 Å². The molecule has 0 saturated heterocycles. The van der Waals surface area contributed by atoms with Gasteiger partial charge in [-0.1, -0.05) is 18.2 Å². The summed E-state index contributed by atoms with van der Waals surface area (Å²) >= 11 is 0. The molecular weight excluding hydrogens is 262 g/mol. The molecule has 1 heterocycles. The van der Waals surface area contributed by atoms with Crippen LogP contribution >= 0.6 is 0 Å². The number of benzene rings is 1. The molecule has 1 aromatic heterocycles. The summed E-state index contributed by atoms with van der Waals surface area (Å²) in [6.45, 7) is 3.14. The van der Waals surface area contributed by atoms with Crippen molar-refractivity contribution < 1.29 is 13.7 Å². The normalized spacial score (nSPS) is 11.9. The molecule has 1 unspecified atom stereocenters. The molecule has 0 saturated carbocycles. The fourth-order valence-electron chi connectivity index (χ4n) is 1.66. The lowest BCUT2D eigenvalue weighted by Gasteiger charge is -2.10. The maximum Gasteiger partial charge on any atom is 0.308 e. The molecule has 0 N–H and O–H groups in total. The molecule has 2 rings (SSSR count). The Morgan fingerprint density at radius 2 is 2.00 bits per heavy atom. The number of aromatic nitrogens is 1. The Bertz CT molecular complexity index is 626. The van der Waals surface area contributed by atoms with Crippen LogP contribution in [0.4, 0.5) is 0 Å². The lowest BCUT2D eigenvalue weighted by molar-refractivity contribution is -0.132. The first-order valence-corrected chi connectivity index (χ1v) is 6.85. The average molecular weight is 275 g/mol. The lowest BCUT2D eigenvalue weighted by Crippen LogP contribution is -2.07.